The highest BCUT2D eigenvalue weighted by Crippen LogP contribution is 2.27. The average molecular weight is 359 g/mol. The minimum atomic E-state index is -0.136. The van der Waals surface area contributed by atoms with E-state index in [1.165, 1.54) is 0 Å². The van der Waals surface area contributed by atoms with Crippen molar-refractivity contribution in [2.45, 2.75) is 38.6 Å². The number of rotatable bonds is 6. The highest BCUT2D eigenvalue weighted by Gasteiger charge is 2.29. The van der Waals surface area contributed by atoms with Gasteiger partial charge in [-0.25, -0.2) is 0 Å². The Hall–Kier alpha value is -1.92. The Bertz CT molecular complexity index is 653. The summed E-state index contributed by atoms with van der Waals surface area (Å²) >= 11 is 0. The molecule has 2 aliphatic heterocycles. The van der Waals surface area contributed by atoms with Gasteiger partial charge in [-0.3, -0.25) is 14.5 Å². The lowest BCUT2D eigenvalue weighted by molar-refractivity contribution is -0.123. The Morgan fingerprint density at radius 3 is 2.81 bits per heavy atom. The molecule has 1 fully saturated rings. The molecule has 1 saturated heterocycles. The molecule has 2 heterocycles. The summed E-state index contributed by atoms with van der Waals surface area (Å²) in [6, 6.07) is 7.85. The highest BCUT2D eigenvalue weighted by atomic mass is 16.5. The van der Waals surface area contributed by atoms with Crippen molar-refractivity contribution < 1.29 is 14.3 Å². The first-order valence-corrected chi connectivity index (χ1v) is 9.44. The molecule has 1 aromatic carbocycles. The predicted molar refractivity (Wildman–Crippen MR) is 101 cm³/mol. The second kappa shape index (κ2) is 8.18. The van der Waals surface area contributed by atoms with Crippen molar-refractivity contribution in [3.63, 3.8) is 0 Å². The van der Waals surface area contributed by atoms with Crippen molar-refractivity contribution in [1.82, 2.24) is 10.2 Å². The molecule has 1 unspecified atom stereocenters. The zero-order chi connectivity index (χ0) is 18.6. The monoisotopic (exact) mass is 359 g/mol. The van der Waals surface area contributed by atoms with E-state index in [0.29, 0.717) is 25.8 Å². The van der Waals surface area contributed by atoms with Gasteiger partial charge in [0.1, 0.15) is 0 Å². The van der Waals surface area contributed by atoms with Crippen LogP contribution in [0.3, 0.4) is 0 Å². The van der Waals surface area contributed by atoms with Crippen molar-refractivity contribution in [2.24, 2.45) is 5.92 Å². The van der Waals surface area contributed by atoms with Crippen LogP contribution in [0.25, 0.3) is 0 Å². The first-order valence-electron chi connectivity index (χ1n) is 9.44. The third-order valence-corrected chi connectivity index (χ3v) is 5.42. The number of hydrogen-bond acceptors (Lipinski definition) is 4. The average Bonchev–Trinajstić information content (AvgIpc) is 2.65. The maximum absolute atomic E-state index is 12.3. The van der Waals surface area contributed by atoms with E-state index in [0.717, 1.165) is 37.6 Å². The summed E-state index contributed by atoms with van der Waals surface area (Å²) in [7, 11) is 0. The van der Waals surface area contributed by atoms with Gasteiger partial charge in [0.05, 0.1) is 13.2 Å². The smallest absolute Gasteiger partial charge is 0.227 e. The minimum absolute atomic E-state index is 0.0120. The summed E-state index contributed by atoms with van der Waals surface area (Å²) in [6.07, 6.45) is 1.65. The van der Waals surface area contributed by atoms with Gasteiger partial charge in [-0.05, 0) is 38.3 Å². The molecule has 3 rings (SSSR count). The van der Waals surface area contributed by atoms with Crippen LogP contribution < -0.4 is 10.6 Å². The fraction of sp³-hybridized carbons (Fsp3) is 0.600. The number of ether oxygens (including phenoxy) is 1. The second-order valence-electron chi connectivity index (χ2n) is 7.77. The molecule has 2 amide bonds. The number of nitrogens with one attached hydrogen (secondary N) is 2. The van der Waals surface area contributed by atoms with Gasteiger partial charge in [0, 0.05) is 43.2 Å². The van der Waals surface area contributed by atoms with E-state index in [4.69, 9.17) is 4.74 Å². The molecule has 0 aliphatic carbocycles. The molecule has 142 valence electrons. The van der Waals surface area contributed by atoms with Crippen LogP contribution in [0.15, 0.2) is 24.3 Å². The van der Waals surface area contributed by atoms with Crippen LogP contribution in [0.1, 0.15) is 32.3 Å². The zero-order valence-electron chi connectivity index (χ0n) is 15.7. The molecule has 2 N–H and O–H groups in total. The van der Waals surface area contributed by atoms with E-state index in [-0.39, 0.29) is 23.3 Å². The van der Waals surface area contributed by atoms with E-state index >= 15 is 0 Å². The minimum Gasteiger partial charge on any atom is -0.379 e. The summed E-state index contributed by atoms with van der Waals surface area (Å²) in [5, 5.41) is 5.98. The molecule has 6 nitrogen and oxygen atoms in total. The van der Waals surface area contributed by atoms with Gasteiger partial charge in [-0.15, -0.1) is 0 Å². The standard InChI is InChI=1S/C20H29N3O3/c1-20(2,23-9-11-26-12-10-23)14-21-18(24)8-7-16-13-15-5-3-4-6-17(15)22-19(16)25/h3-6,16H,7-14H2,1-2H3,(H,21,24)(H,22,25). The van der Waals surface area contributed by atoms with Crippen molar-refractivity contribution in [3.05, 3.63) is 29.8 Å². The molecule has 0 spiro atoms. The molecule has 26 heavy (non-hydrogen) atoms. The Morgan fingerprint density at radius 2 is 2.04 bits per heavy atom. The van der Waals surface area contributed by atoms with Crippen LogP contribution in [-0.2, 0) is 20.7 Å². The third-order valence-electron chi connectivity index (χ3n) is 5.42. The number of nitrogens with zero attached hydrogens (tertiary/aromatic N) is 1. The molecule has 0 saturated carbocycles. The maximum atomic E-state index is 12.3. The molecular formula is C20H29N3O3. The number of anilines is 1. The van der Waals surface area contributed by atoms with Gasteiger partial charge in [0.2, 0.25) is 11.8 Å². The number of para-hydroxylation sites is 1. The van der Waals surface area contributed by atoms with Gasteiger partial charge in [0.25, 0.3) is 0 Å². The lowest BCUT2D eigenvalue weighted by Gasteiger charge is -2.40. The quantitative estimate of drug-likeness (QED) is 0.813. The number of hydrogen-bond donors (Lipinski definition) is 2. The fourth-order valence-corrected chi connectivity index (χ4v) is 3.64. The summed E-state index contributed by atoms with van der Waals surface area (Å²) in [5.41, 5.74) is 1.94. The number of amides is 2. The number of fused-ring (bicyclic) bond motifs is 1. The van der Waals surface area contributed by atoms with Crippen molar-refractivity contribution in [2.75, 3.05) is 38.2 Å². The maximum Gasteiger partial charge on any atom is 0.227 e. The Balaban J connectivity index is 1.45. The summed E-state index contributed by atoms with van der Waals surface area (Å²) in [6.45, 7) is 8.17. The predicted octanol–water partition coefficient (Wildman–Crippen LogP) is 1.80. The molecule has 0 radical (unpaired) electrons. The topological polar surface area (TPSA) is 70.7 Å². The van der Waals surface area contributed by atoms with E-state index in [2.05, 4.69) is 29.4 Å². The van der Waals surface area contributed by atoms with Crippen LogP contribution in [0, 0.1) is 5.92 Å². The normalized spacial score (nSPS) is 21.0. The molecule has 1 atom stereocenters. The SMILES string of the molecule is CC(C)(CNC(=O)CCC1Cc2ccccc2NC1=O)N1CCOCC1. The van der Waals surface area contributed by atoms with Crippen LogP contribution in [0.4, 0.5) is 5.69 Å². The van der Waals surface area contributed by atoms with E-state index in [1.54, 1.807) is 0 Å². The lowest BCUT2D eigenvalue weighted by Crippen LogP contribution is -2.55. The van der Waals surface area contributed by atoms with Crippen LogP contribution in [0.2, 0.25) is 0 Å². The third kappa shape index (κ3) is 4.62. The molecule has 2 aliphatic rings. The van der Waals surface area contributed by atoms with Crippen molar-refractivity contribution in [1.29, 1.82) is 0 Å². The van der Waals surface area contributed by atoms with Gasteiger partial charge >= 0.3 is 0 Å². The van der Waals surface area contributed by atoms with Gasteiger partial charge in [-0.1, -0.05) is 18.2 Å². The van der Waals surface area contributed by atoms with E-state index in [9.17, 15) is 9.59 Å². The Kier molecular flexibility index (Phi) is 5.94. The molecule has 1 aromatic rings. The van der Waals surface area contributed by atoms with Crippen LogP contribution in [-0.4, -0.2) is 55.1 Å². The highest BCUT2D eigenvalue weighted by molar-refractivity contribution is 5.96. The number of carbonyl (C=O) groups is 2. The lowest BCUT2D eigenvalue weighted by atomic mass is 9.89. The Labute approximate surface area is 155 Å². The number of carbonyl (C=O) groups excluding carboxylic acids is 2. The van der Waals surface area contributed by atoms with Gasteiger partial charge in [0.15, 0.2) is 0 Å². The zero-order valence-corrected chi connectivity index (χ0v) is 15.7. The molecule has 0 bridgehead atoms. The number of benzene rings is 1. The summed E-state index contributed by atoms with van der Waals surface area (Å²) < 4.78 is 5.39. The van der Waals surface area contributed by atoms with Crippen molar-refractivity contribution >= 4 is 17.5 Å². The molecular weight excluding hydrogens is 330 g/mol. The van der Waals surface area contributed by atoms with E-state index < -0.39 is 0 Å². The van der Waals surface area contributed by atoms with Crippen LogP contribution >= 0.6 is 0 Å². The molecule has 6 heteroatoms. The van der Waals surface area contributed by atoms with Gasteiger partial charge < -0.3 is 15.4 Å². The largest absolute Gasteiger partial charge is 0.379 e. The summed E-state index contributed by atoms with van der Waals surface area (Å²) in [4.78, 5) is 26.9. The van der Waals surface area contributed by atoms with E-state index in [1.807, 2.05) is 24.3 Å². The first-order chi connectivity index (χ1) is 12.5. The van der Waals surface area contributed by atoms with Crippen molar-refractivity contribution in [3.8, 4) is 0 Å². The number of morpholine rings is 1. The first kappa shape index (κ1) is 18.9. The molecule has 0 aromatic heterocycles. The fourth-order valence-electron chi connectivity index (χ4n) is 3.64. The van der Waals surface area contributed by atoms with Gasteiger partial charge in [-0.2, -0.15) is 0 Å². The summed E-state index contributed by atoms with van der Waals surface area (Å²) in [5.74, 6) is -0.106. The second-order valence-corrected chi connectivity index (χ2v) is 7.77. The Morgan fingerprint density at radius 1 is 1.31 bits per heavy atom. The van der Waals surface area contributed by atoms with Crippen LogP contribution in [0.5, 0.6) is 0 Å².